The van der Waals surface area contributed by atoms with Crippen molar-refractivity contribution in [3.63, 3.8) is 0 Å². The van der Waals surface area contributed by atoms with E-state index in [-0.39, 0.29) is 0 Å². The molecular weight excluding hydrogens is 262 g/mol. The highest BCUT2D eigenvalue weighted by Gasteiger charge is 2.11. The van der Waals surface area contributed by atoms with Gasteiger partial charge < -0.3 is 9.15 Å². The molecule has 0 atom stereocenters. The number of hydrogen-bond donors (Lipinski definition) is 0. The molecule has 2 heterocycles. The Bertz CT molecular complexity index is 467. The molecule has 0 saturated carbocycles. The van der Waals surface area contributed by atoms with Crippen LogP contribution in [0.15, 0.2) is 45.9 Å². The summed E-state index contributed by atoms with van der Waals surface area (Å²) in [5.41, 5.74) is 0.366. The van der Waals surface area contributed by atoms with E-state index in [1.165, 1.54) is 18.6 Å². The quantitative estimate of drug-likeness (QED) is 0.620. The Morgan fingerprint density at radius 1 is 1.47 bits per heavy atom. The molecule has 2 aromatic heterocycles. The van der Waals surface area contributed by atoms with Gasteiger partial charge in [0.15, 0.2) is 5.75 Å². The van der Waals surface area contributed by atoms with Crippen LogP contribution >= 0.6 is 15.9 Å². The molecule has 0 aliphatic carbocycles. The number of rotatable bonds is 2. The molecule has 0 amide bonds. The second-order valence-electron chi connectivity index (χ2n) is 2.69. The topological polar surface area (TPSA) is 52.3 Å². The maximum absolute atomic E-state index is 11.5. The van der Waals surface area contributed by atoms with E-state index in [0.717, 1.165) is 0 Å². The minimum Gasteiger partial charge on any atom is -0.472 e. The fraction of sp³-hybridized carbons (Fsp3) is 0. The highest BCUT2D eigenvalue weighted by molar-refractivity contribution is 9.10. The van der Waals surface area contributed by atoms with E-state index in [1.807, 2.05) is 0 Å². The van der Waals surface area contributed by atoms with Gasteiger partial charge in [0.1, 0.15) is 10.9 Å². The first-order valence-corrected chi connectivity index (χ1v) is 4.91. The highest BCUT2D eigenvalue weighted by atomic mass is 79.9. The van der Waals surface area contributed by atoms with Gasteiger partial charge in [-0.15, -0.1) is 0 Å². The number of hydrogen-bond acceptors (Lipinski definition) is 4. The van der Waals surface area contributed by atoms with Gasteiger partial charge in [0.2, 0.25) is 0 Å². The third-order valence-electron chi connectivity index (χ3n) is 1.68. The van der Waals surface area contributed by atoms with Gasteiger partial charge in [0, 0.05) is 6.20 Å². The molecule has 2 rings (SSSR count). The number of pyridine rings is 1. The van der Waals surface area contributed by atoms with Crippen molar-refractivity contribution in [3.05, 3.63) is 47.1 Å². The Balaban J connectivity index is 2.17. The van der Waals surface area contributed by atoms with Crippen molar-refractivity contribution < 1.29 is 13.9 Å². The largest absolute Gasteiger partial charge is 0.472 e. The molecule has 0 bridgehead atoms. The van der Waals surface area contributed by atoms with Crippen molar-refractivity contribution in [1.82, 2.24) is 4.98 Å². The number of esters is 1. The van der Waals surface area contributed by atoms with Gasteiger partial charge in [-0.3, -0.25) is 0 Å². The van der Waals surface area contributed by atoms with Crippen LogP contribution in [0.1, 0.15) is 10.4 Å². The van der Waals surface area contributed by atoms with E-state index in [2.05, 4.69) is 20.9 Å². The molecule has 0 aliphatic heterocycles. The second kappa shape index (κ2) is 4.27. The van der Waals surface area contributed by atoms with E-state index in [1.54, 1.807) is 18.3 Å². The summed E-state index contributed by atoms with van der Waals surface area (Å²) in [6, 6.07) is 4.87. The first-order chi connectivity index (χ1) is 7.27. The molecule has 0 aromatic carbocycles. The summed E-state index contributed by atoms with van der Waals surface area (Å²) in [6.45, 7) is 0. The monoisotopic (exact) mass is 267 g/mol. The minimum atomic E-state index is -0.475. The third-order valence-corrected chi connectivity index (χ3v) is 2.28. The van der Waals surface area contributed by atoms with Crippen molar-refractivity contribution in [2.45, 2.75) is 0 Å². The molecule has 0 fully saturated rings. The van der Waals surface area contributed by atoms with Crippen molar-refractivity contribution in [2.75, 3.05) is 0 Å². The lowest BCUT2D eigenvalue weighted by Gasteiger charge is -2.02. The SMILES string of the molecule is O=C(Oc1cccnc1Br)c1ccoc1. The Morgan fingerprint density at radius 2 is 2.33 bits per heavy atom. The summed E-state index contributed by atoms with van der Waals surface area (Å²) in [6.07, 6.45) is 4.33. The molecular formula is C10H6BrNO3. The number of ether oxygens (including phenoxy) is 1. The maximum atomic E-state index is 11.5. The van der Waals surface area contributed by atoms with Crippen LogP contribution in [0.5, 0.6) is 5.75 Å². The lowest BCUT2D eigenvalue weighted by Crippen LogP contribution is -2.07. The van der Waals surface area contributed by atoms with Crippen LogP contribution in [0.4, 0.5) is 0 Å². The van der Waals surface area contributed by atoms with Crippen LogP contribution in [-0.4, -0.2) is 11.0 Å². The van der Waals surface area contributed by atoms with E-state index < -0.39 is 5.97 Å². The number of carbonyl (C=O) groups is 1. The van der Waals surface area contributed by atoms with Crippen LogP contribution in [0.3, 0.4) is 0 Å². The lowest BCUT2D eigenvalue weighted by molar-refractivity contribution is 0.0732. The second-order valence-corrected chi connectivity index (χ2v) is 3.45. The predicted molar refractivity (Wildman–Crippen MR) is 55.6 cm³/mol. The van der Waals surface area contributed by atoms with Crippen LogP contribution in [0, 0.1) is 0 Å². The number of aromatic nitrogens is 1. The van der Waals surface area contributed by atoms with Crippen molar-refractivity contribution >= 4 is 21.9 Å². The normalized spacial score (nSPS) is 9.93. The molecule has 5 heteroatoms. The third kappa shape index (κ3) is 2.24. The molecule has 0 unspecified atom stereocenters. The van der Waals surface area contributed by atoms with Gasteiger partial charge in [0.05, 0.1) is 11.8 Å². The van der Waals surface area contributed by atoms with Crippen molar-refractivity contribution in [1.29, 1.82) is 0 Å². The average Bonchev–Trinajstić information content (AvgIpc) is 2.74. The standard InChI is InChI=1S/C10H6BrNO3/c11-9-8(2-1-4-12-9)15-10(13)7-3-5-14-6-7/h1-6H. The fourth-order valence-corrected chi connectivity index (χ4v) is 1.32. The van der Waals surface area contributed by atoms with Gasteiger partial charge in [-0.05, 0) is 34.1 Å². The smallest absolute Gasteiger partial charge is 0.346 e. The molecule has 76 valence electrons. The summed E-state index contributed by atoms with van der Waals surface area (Å²) < 4.78 is 10.3. The molecule has 0 spiro atoms. The first kappa shape index (κ1) is 9.92. The Hall–Kier alpha value is -1.62. The van der Waals surface area contributed by atoms with E-state index in [0.29, 0.717) is 15.9 Å². The van der Waals surface area contributed by atoms with E-state index in [9.17, 15) is 4.79 Å². The number of furan rings is 1. The number of halogens is 1. The number of carbonyl (C=O) groups excluding carboxylic acids is 1. The van der Waals surface area contributed by atoms with Crippen LogP contribution in [-0.2, 0) is 0 Å². The lowest BCUT2D eigenvalue weighted by atomic mass is 10.3. The highest BCUT2D eigenvalue weighted by Crippen LogP contribution is 2.22. The zero-order valence-corrected chi connectivity index (χ0v) is 9.10. The van der Waals surface area contributed by atoms with Gasteiger partial charge in [-0.25, -0.2) is 9.78 Å². The summed E-state index contributed by atoms with van der Waals surface area (Å²) in [5, 5.41) is 0. The zero-order valence-electron chi connectivity index (χ0n) is 7.51. The van der Waals surface area contributed by atoms with Crippen LogP contribution < -0.4 is 4.74 Å². The molecule has 15 heavy (non-hydrogen) atoms. The first-order valence-electron chi connectivity index (χ1n) is 4.12. The molecule has 2 aromatic rings. The zero-order chi connectivity index (χ0) is 10.7. The summed E-state index contributed by atoms with van der Waals surface area (Å²) in [7, 11) is 0. The van der Waals surface area contributed by atoms with Crippen LogP contribution in [0.2, 0.25) is 0 Å². The molecule has 0 radical (unpaired) electrons. The number of nitrogens with zero attached hydrogens (tertiary/aromatic N) is 1. The predicted octanol–water partition coefficient (Wildman–Crippen LogP) is 2.66. The van der Waals surface area contributed by atoms with Crippen molar-refractivity contribution in [2.24, 2.45) is 0 Å². The van der Waals surface area contributed by atoms with Gasteiger partial charge in [-0.2, -0.15) is 0 Å². The van der Waals surface area contributed by atoms with Gasteiger partial charge >= 0.3 is 5.97 Å². The van der Waals surface area contributed by atoms with Gasteiger partial charge in [-0.1, -0.05) is 0 Å². The molecule has 0 saturated heterocycles. The summed E-state index contributed by atoms with van der Waals surface area (Å²) in [5.74, 6) is -0.0962. The Labute approximate surface area is 94.0 Å². The average molecular weight is 268 g/mol. The van der Waals surface area contributed by atoms with Crippen molar-refractivity contribution in [3.8, 4) is 5.75 Å². The Kier molecular flexibility index (Phi) is 2.82. The molecule has 0 aliphatic rings. The summed E-state index contributed by atoms with van der Waals surface area (Å²) in [4.78, 5) is 15.4. The van der Waals surface area contributed by atoms with Crippen LogP contribution in [0.25, 0.3) is 0 Å². The fourth-order valence-electron chi connectivity index (χ4n) is 0.987. The minimum absolute atomic E-state index is 0.366. The molecule has 0 N–H and O–H groups in total. The Morgan fingerprint density at radius 3 is 3.00 bits per heavy atom. The molecule has 4 nitrogen and oxygen atoms in total. The maximum Gasteiger partial charge on any atom is 0.346 e. The van der Waals surface area contributed by atoms with E-state index >= 15 is 0 Å². The van der Waals surface area contributed by atoms with Gasteiger partial charge in [0.25, 0.3) is 0 Å². The van der Waals surface area contributed by atoms with E-state index in [4.69, 9.17) is 9.15 Å². The summed E-state index contributed by atoms with van der Waals surface area (Å²) >= 11 is 3.18.